The second-order valence-corrected chi connectivity index (χ2v) is 4.79. The second-order valence-electron chi connectivity index (χ2n) is 4.79. The number of nitrogens with two attached hydrogens (primary N) is 1. The fourth-order valence-corrected chi connectivity index (χ4v) is 2.07. The zero-order chi connectivity index (χ0) is 17.0. The van der Waals surface area contributed by atoms with Gasteiger partial charge in [0.25, 0.3) is 5.69 Å². The van der Waals surface area contributed by atoms with Gasteiger partial charge >= 0.3 is 5.97 Å². The first-order valence-corrected chi connectivity index (χ1v) is 6.61. The van der Waals surface area contributed by atoms with Gasteiger partial charge < -0.3 is 15.9 Å². The highest BCUT2D eigenvalue weighted by Gasteiger charge is 2.12. The minimum absolute atomic E-state index is 0.00639. The molecule has 7 nitrogen and oxygen atoms in total. The Labute approximate surface area is 131 Å². The van der Waals surface area contributed by atoms with Crippen molar-refractivity contribution in [1.29, 1.82) is 0 Å². The van der Waals surface area contributed by atoms with Crippen LogP contribution in [0.3, 0.4) is 0 Å². The van der Waals surface area contributed by atoms with Crippen molar-refractivity contribution < 1.29 is 19.9 Å². The molecule has 0 aliphatic carbocycles. The van der Waals surface area contributed by atoms with Crippen LogP contribution in [0.15, 0.2) is 36.4 Å². The number of carbonyl (C=O) groups is 1. The summed E-state index contributed by atoms with van der Waals surface area (Å²) in [5.74, 6) is -1.12. The number of hydrogen-bond donors (Lipinski definition) is 3. The first-order chi connectivity index (χ1) is 10.9. The Morgan fingerprint density at radius 2 is 1.78 bits per heavy atom. The van der Waals surface area contributed by atoms with Gasteiger partial charge in [-0.05, 0) is 35.4 Å². The van der Waals surface area contributed by atoms with Crippen molar-refractivity contribution in [3.63, 3.8) is 0 Å². The van der Waals surface area contributed by atoms with E-state index in [9.17, 15) is 20.0 Å². The smallest absolute Gasteiger partial charge is 0.337 e. The summed E-state index contributed by atoms with van der Waals surface area (Å²) >= 11 is 0. The SMILES string of the molecule is Nc1ccc(C=Cc2ccc([N+](=O)[O-])c(CO)c2)cc1C(=O)O. The van der Waals surface area contributed by atoms with E-state index < -0.39 is 17.5 Å². The standard InChI is InChI=1S/C16H14N2O5/c17-14-5-3-11(8-13(14)16(20)21)2-1-10-4-6-15(18(22)23)12(7-10)9-19/h1-8,19H,9,17H2,(H,20,21). The summed E-state index contributed by atoms with van der Waals surface area (Å²) in [5, 5.41) is 29.0. The van der Waals surface area contributed by atoms with Crippen molar-refractivity contribution >= 4 is 29.5 Å². The predicted molar refractivity (Wildman–Crippen MR) is 85.8 cm³/mol. The van der Waals surface area contributed by atoms with Crippen LogP contribution >= 0.6 is 0 Å². The van der Waals surface area contributed by atoms with Crippen LogP contribution in [0.5, 0.6) is 0 Å². The van der Waals surface area contributed by atoms with E-state index >= 15 is 0 Å². The maximum absolute atomic E-state index is 11.0. The Balaban J connectivity index is 2.32. The van der Waals surface area contributed by atoms with Gasteiger partial charge in [0.1, 0.15) is 0 Å². The van der Waals surface area contributed by atoms with Crippen LogP contribution in [0.4, 0.5) is 11.4 Å². The van der Waals surface area contributed by atoms with Gasteiger partial charge in [0.05, 0.1) is 22.7 Å². The van der Waals surface area contributed by atoms with Gasteiger partial charge in [0.15, 0.2) is 0 Å². The molecule has 0 unspecified atom stereocenters. The molecule has 0 bridgehead atoms. The normalized spacial score (nSPS) is 10.8. The molecule has 7 heteroatoms. The van der Waals surface area contributed by atoms with E-state index in [0.717, 1.165) is 0 Å². The minimum Gasteiger partial charge on any atom is -0.478 e. The summed E-state index contributed by atoms with van der Waals surface area (Å²) in [7, 11) is 0. The number of anilines is 1. The van der Waals surface area contributed by atoms with Crippen LogP contribution < -0.4 is 5.73 Å². The van der Waals surface area contributed by atoms with Crippen molar-refractivity contribution in [2.24, 2.45) is 0 Å². The number of nitrogens with zero attached hydrogens (tertiary/aromatic N) is 1. The van der Waals surface area contributed by atoms with Gasteiger partial charge in [-0.2, -0.15) is 0 Å². The molecule has 0 aromatic heterocycles. The molecule has 0 aliphatic heterocycles. The van der Waals surface area contributed by atoms with Gasteiger partial charge in [0.2, 0.25) is 0 Å². The first-order valence-electron chi connectivity index (χ1n) is 6.61. The Morgan fingerprint density at radius 3 is 2.35 bits per heavy atom. The van der Waals surface area contributed by atoms with Crippen LogP contribution in [0.2, 0.25) is 0 Å². The van der Waals surface area contributed by atoms with Gasteiger partial charge in [-0.1, -0.05) is 18.2 Å². The number of carboxylic acids is 1. The molecule has 2 aromatic carbocycles. The number of nitrogen functional groups attached to an aromatic ring is 1. The lowest BCUT2D eigenvalue weighted by atomic mass is 10.1. The van der Waals surface area contributed by atoms with E-state index in [-0.39, 0.29) is 22.5 Å². The molecule has 0 amide bonds. The van der Waals surface area contributed by atoms with Crippen molar-refractivity contribution in [3.8, 4) is 0 Å². The van der Waals surface area contributed by atoms with Gasteiger partial charge in [0, 0.05) is 11.8 Å². The summed E-state index contributed by atoms with van der Waals surface area (Å²) in [4.78, 5) is 21.3. The number of nitro groups is 1. The summed E-state index contributed by atoms with van der Waals surface area (Å²) < 4.78 is 0. The van der Waals surface area contributed by atoms with Gasteiger partial charge in [-0.25, -0.2) is 4.79 Å². The second kappa shape index (κ2) is 6.71. The molecule has 0 fully saturated rings. The molecule has 118 valence electrons. The maximum atomic E-state index is 11.0. The summed E-state index contributed by atoms with van der Waals surface area (Å²) in [6.45, 7) is -0.441. The van der Waals surface area contributed by atoms with Crippen molar-refractivity contribution in [2.75, 3.05) is 5.73 Å². The molecule has 0 saturated heterocycles. The third kappa shape index (κ3) is 3.72. The number of nitro benzene ring substituents is 1. The zero-order valence-electron chi connectivity index (χ0n) is 12.0. The Bertz CT molecular complexity index is 799. The predicted octanol–water partition coefficient (Wildman–Crippen LogP) is 2.54. The first kappa shape index (κ1) is 16.2. The summed E-state index contributed by atoms with van der Waals surface area (Å²) in [6, 6.07) is 8.96. The molecular weight excluding hydrogens is 300 g/mol. The third-order valence-corrected chi connectivity index (χ3v) is 3.25. The molecule has 0 saturated carbocycles. The van der Waals surface area contributed by atoms with E-state index in [2.05, 4.69) is 0 Å². The number of hydrogen-bond acceptors (Lipinski definition) is 5. The molecule has 4 N–H and O–H groups in total. The van der Waals surface area contributed by atoms with E-state index in [0.29, 0.717) is 11.1 Å². The lowest BCUT2D eigenvalue weighted by molar-refractivity contribution is -0.385. The molecule has 0 heterocycles. The van der Waals surface area contributed by atoms with E-state index in [4.69, 9.17) is 10.8 Å². The quantitative estimate of drug-likeness (QED) is 0.337. The molecule has 0 atom stereocenters. The molecular formula is C16H14N2O5. The Kier molecular flexibility index (Phi) is 4.72. The molecule has 2 aromatic rings. The lowest BCUT2D eigenvalue weighted by Crippen LogP contribution is -2.02. The maximum Gasteiger partial charge on any atom is 0.337 e. The fourth-order valence-electron chi connectivity index (χ4n) is 2.07. The van der Waals surface area contributed by atoms with Crippen LogP contribution in [0.25, 0.3) is 12.2 Å². The minimum atomic E-state index is -1.12. The van der Waals surface area contributed by atoms with Crippen molar-refractivity contribution in [2.45, 2.75) is 6.61 Å². The largest absolute Gasteiger partial charge is 0.478 e. The number of benzene rings is 2. The Hall–Kier alpha value is -3.19. The highest BCUT2D eigenvalue weighted by atomic mass is 16.6. The van der Waals surface area contributed by atoms with Crippen LogP contribution in [0.1, 0.15) is 27.0 Å². The highest BCUT2D eigenvalue weighted by molar-refractivity contribution is 5.94. The number of carboxylic acid groups (broad SMARTS) is 1. The summed E-state index contributed by atoms with van der Waals surface area (Å²) in [5.41, 5.74) is 7.10. The van der Waals surface area contributed by atoms with Crippen molar-refractivity contribution in [3.05, 3.63) is 68.8 Å². The lowest BCUT2D eigenvalue weighted by Gasteiger charge is -2.03. The van der Waals surface area contributed by atoms with Crippen LogP contribution in [0, 0.1) is 10.1 Å². The number of aliphatic hydroxyl groups is 1. The van der Waals surface area contributed by atoms with E-state index in [1.165, 1.54) is 24.3 Å². The number of rotatable bonds is 5. The Morgan fingerprint density at radius 1 is 1.17 bits per heavy atom. The number of aliphatic hydroxyl groups excluding tert-OH is 1. The van der Waals surface area contributed by atoms with E-state index in [1.54, 1.807) is 24.3 Å². The molecule has 0 radical (unpaired) electrons. The highest BCUT2D eigenvalue weighted by Crippen LogP contribution is 2.22. The van der Waals surface area contributed by atoms with Gasteiger partial charge in [-0.15, -0.1) is 0 Å². The third-order valence-electron chi connectivity index (χ3n) is 3.25. The molecule has 0 aliphatic rings. The zero-order valence-corrected chi connectivity index (χ0v) is 12.0. The van der Waals surface area contributed by atoms with E-state index in [1.807, 2.05) is 0 Å². The average molecular weight is 314 g/mol. The number of aromatic carboxylic acids is 1. The van der Waals surface area contributed by atoms with Crippen molar-refractivity contribution in [1.82, 2.24) is 0 Å². The average Bonchev–Trinajstić information content (AvgIpc) is 2.53. The monoisotopic (exact) mass is 314 g/mol. The molecule has 0 spiro atoms. The molecule has 23 heavy (non-hydrogen) atoms. The van der Waals surface area contributed by atoms with Gasteiger partial charge in [-0.3, -0.25) is 10.1 Å². The van der Waals surface area contributed by atoms with Crippen LogP contribution in [-0.4, -0.2) is 21.1 Å². The fraction of sp³-hybridized carbons (Fsp3) is 0.0625. The molecule has 2 rings (SSSR count). The van der Waals surface area contributed by atoms with Crippen LogP contribution in [-0.2, 0) is 6.61 Å². The summed E-state index contributed by atoms with van der Waals surface area (Å²) in [6.07, 6.45) is 3.33. The topological polar surface area (TPSA) is 127 Å².